The van der Waals surface area contributed by atoms with Crippen molar-refractivity contribution in [3.63, 3.8) is 0 Å². The summed E-state index contributed by atoms with van der Waals surface area (Å²) in [5, 5.41) is 0. The summed E-state index contributed by atoms with van der Waals surface area (Å²) in [5.74, 6) is -0.642. The van der Waals surface area contributed by atoms with E-state index >= 15 is 0 Å². The van der Waals surface area contributed by atoms with Crippen LogP contribution in [-0.2, 0) is 35.0 Å². The Bertz CT molecular complexity index is 993. The Morgan fingerprint density at radius 1 is 0.878 bits per heavy atom. The zero-order valence-corrected chi connectivity index (χ0v) is 25.5. The van der Waals surface area contributed by atoms with E-state index in [0.29, 0.717) is 36.7 Å². The third-order valence-corrected chi connectivity index (χ3v) is 6.06. The maximum Gasteiger partial charge on any atom is 0.513 e. The molecule has 0 fully saturated rings. The second kappa shape index (κ2) is 18.2. The highest BCUT2D eigenvalue weighted by Crippen LogP contribution is 2.32. The van der Waals surface area contributed by atoms with Gasteiger partial charge in [-0.25, -0.2) is 9.59 Å². The molecule has 1 rings (SSSR count). The standard InChI is InChI=1S/C30H47NO10/c1-8-9-10-26(32)39-22(6)18-30(31,27(33)36-7)19-23-11-12-24(40-28(34)37-15-13-20(2)3)25(17-23)41-29(35)38-16-14-21(4)5/h11-12,17,20-22H,8-10,13-16,18-19,31H2,1-7H3/t22-,30?/m0/s1. The van der Waals surface area contributed by atoms with Gasteiger partial charge >= 0.3 is 24.2 Å². The van der Waals surface area contributed by atoms with Gasteiger partial charge in [0.25, 0.3) is 0 Å². The van der Waals surface area contributed by atoms with Crippen molar-refractivity contribution in [2.75, 3.05) is 20.3 Å². The fourth-order valence-corrected chi connectivity index (χ4v) is 3.78. The number of rotatable bonds is 17. The molecule has 0 aliphatic carbocycles. The number of ether oxygens (including phenoxy) is 6. The largest absolute Gasteiger partial charge is 0.513 e. The Hall–Kier alpha value is -3.34. The molecular weight excluding hydrogens is 534 g/mol. The average molecular weight is 582 g/mol. The molecule has 1 unspecified atom stereocenters. The molecule has 1 aromatic rings. The molecule has 232 valence electrons. The van der Waals surface area contributed by atoms with Crippen LogP contribution in [0.1, 0.15) is 85.6 Å². The lowest BCUT2D eigenvalue weighted by molar-refractivity contribution is -0.155. The number of nitrogens with two attached hydrogens (primary N) is 1. The number of methoxy groups -OCH3 is 1. The van der Waals surface area contributed by atoms with E-state index in [1.54, 1.807) is 13.0 Å². The molecule has 0 spiro atoms. The molecule has 11 nitrogen and oxygen atoms in total. The summed E-state index contributed by atoms with van der Waals surface area (Å²) in [6, 6.07) is 4.39. The van der Waals surface area contributed by atoms with Gasteiger partial charge in [0, 0.05) is 19.3 Å². The molecular formula is C30H47NO10. The van der Waals surface area contributed by atoms with Gasteiger partial charge in [-0.15, -0.1) is 0 Å². The van der Waals surface area contributed by atoms with E-state index in [0.717, 1.165) is 6.42 Å². The van der Waals surface area contributed by atoms with E-state index in [1.165, 1.54) is 19.2 Å². The minimum absolute atomic E-state index is 0.0224. The van der Waals surface area contributed by atoms with E-state index in [1.807, 2.05) is 34.6 Å². The molecule has 0 saturated carbocycles. The van der Waals surface area contributed by atoms with Gasteiger partial charge in [0.15, 0.2) is 11.5 Å². The van der Waals surface area contributed by atoms with E-state index in [4.69, 9.17) is 34.2 Å². The molecule has 11 heteroatoms. The second-order valence-electron chi connectivity index (χ2n) is 11.0. The van der Waals surface area contributed by atoms with Gasteiger partial charge in [-0.1, -0.05) is 47.1 Å². The van der Waals surface area contributed by atoms with Crippen LogP contribution in [0.2, 0.25) is 0 Å². The summed E-state index contributed by atoms with van der Waals surface area (Å²) in [6.07, 6.45) is 0.396. The normalized spacial score (nSPS) is 13.2. The van der Waals surface area contributed by atoms with Crippen LogP contribution in [0.4, 0.5) is 9.59 Å². The first-order chi connectivity index (χ1) is 19.3. The molecule has 0 radical (unpaired) electrons. The van der Waals surface area contributed by atoms with Gasteiger partial charge in [-0.3, -0.25) is 9.59 Å². The van der Waals surface area contributed by atoms with Gasteiger partial charge in [-0.05, 0) is 55.7 Å². The number of hydrogen-bond acceptors (Lipinski definition) is 11. The van der Waals surface area contributed by atoms with Gasteiger partial charge in [0.05, 0.1) is 20.3 Å². The lowest BCUT2D eigenvalue weighted by Gasteiger charge is -2.29. The molecule has 41 heavy (non-hydrogen) atoms. The maximum absolute atomic E-state index is 12.7. The molecule has 0 heterocycles. The molecule has 0 aliphatic rings. The third kappa shape index (κ3) is 14.2. The number of hydrogen-bond donors (Lipinski definition) is 1. The van der Waals surface area contributed by atoms with Crippen molar-refractivity contribution in [1.82, 2.24) is 0 Å². The maximum atomic E-state index is 12.7. The zero-order valence-electron chi connectivity index (χ0n) is 25.5. The van der Waals surface area contributed by atoms with Crippen LogP contribution in [0, 0.1) is 11.8 Å². The Labute approximate surface area is 243 Å². The smallest absolute Gasteiger partial charge is 0.468 e. The van der Waals surface area contributed by atoms with Gasteiger partial charge in [0.1, 0.15) is 11.6 Å². The summed E-state index contributed by atoms with van der Waals surface area (Å²) in [7, 11) is 1.21. The molecule has 0 aromatic heterocycles. The molecule has 0 saturated heterocycles. The summed E-state index contributed by atoms with van der Waals surface area (Å²) >= 11 is 0. The van der Waals surface area contributed by atoms with Crippen LogP contribution in [0.5, 0.6) is 11.5 Å². The molecule has 1 aromatic carbocycles. The van der Waals surface area contributed by atoms with Gasteiger partial charge < -0.3 is 34.2 Å². The lowest BCUT2D eigenvalue weighted by Crippen LogP contribution is -2.53. The van der Waals surface area contributed by atoms with Crippen molar-refractivity contribution in [2.45, 2.75) is 98.1 Å². The van der Waals surface area contributed by atoms with Crippen molar-refractivity contribution in [2.24, 2.45) is 17.6 Å². The molecule has 0 aliphatic heterocycles. The molecule has 2 N–H and O–H groups in total. The van der Waals surface area contributed by atoms with Crippen molar-refractivity contribution in [3.05, 3.63) is 23.8 Å². The van der Waals surface area contributed by atoms with Crippen LogP contribution in [0.25, 0.3) is 0 Å². The predicted octanol–water partition coefficient (Wildman–Crippen LogP) is 5.73. The number of unbranched alkanes of at least 4 members (excludes halogenated alkanes) is 1. The topological polar surface area (TPSA) is 150 Å². The first-order valence-electron chi connectivity index (χ1n) is 14.2. The highest BCUT2D eigenvalue weighted by Gasteiger charge is 2.38. The number of esters is 2. The summed E-state index contributed by atoms with van der Waals surface area (Å²) < 4.78 is 31.3. The minimum atomic E-state index is -1.58. The Kier molecular flexibility index (Phi) is 15.8. The first kappa shape index (κ1) is 35.7. The van der Waals surface area contributed by atoms with Gasteiger partial charge in [0.2, 0.25) is 0 Å². The SMILES string of the molecule is CCCCC(=O)O[C@@H](C)CC(N)(Cc1ccc(OC(=O)OCCC(C)C)c(OC(=O)OCCC(C)C)c1)C(=O)OC. The Balaban J connectivity index is 3.17. The molecule has 2 atom stereocenters. The van der Waals surface area contributed by atoms with E-state index in [9.17, 15) is 19.2 Å². The van der Waals surface area contributed by atoms with Crippen LogP contribution in [0.15, 0.2) is 18.2 Å². The Morgan fingerprint density at radius 2 is 1.44 bits per heavy atom. The number of carbonyl (C=O) groups excluding carboxylic acids is 4. The van der Waals surface area contributed by atoms with Crippen LogP contribution < -0.4 is 15.2 Å². The summed E-state index contributed by atoms with van der Waals surface area (Å²) in [4.78, 5) is 49.5. The number of benzene rings is 1. The molecule has 0 bridgehead atoms. The fourth-order valence-electron chi connectivity index (χ4n) is 3.78. The summed E-state index contributed by atoms with van der Waals surface area (Å²) in [5.41, 5.74) is 5.39. The Morgan fingerprint density at radius 3 is 1.95 bits per heavy atom. The third-order valence-electron chi connectivity index (χ3n) is 6.06. The minimum Gasteiger partial charge on any atom is -0.468 e. The van der Waals surface area contributed by atoms with Crippen molar-refractivity contribution in [1.29, 1.82) is 0 Å². The van der Waals surface area contributed by atoms with E-state index in [2.05, 4.69) is 0 Å². The monoisotopic (exact) mass is 581 g/mol. The number of carbonyl (C=O) groups is 4. The van der Waals surface area contributed by atoms with E-state index in [-0.39, 0.29) is 49.9 Å². The quantitative estimate of drug-likeness (QED) is 0.136. The average Bonchev–Trinajstić information content (AvgIpc) is 2.87. The van der Waals surface area contributed by atoms with Crippen LogP contribution >= 0.6 is 0 Å². The van der Waals surface area contributed by atoms with Crippen molar-refractivity contribution >= 4 is 24.2 Å². The zero-order chi connectivity index (χ0) is 31.0. The van der Waals surface area contributed by atoms with Crippen molar-refractivity contribution < 1.29 is 47.6 Å². The summed E-state index contributed by atoms with van der Waals surface area (Å²) in [6.45, 7) is 11.9. The lowest BCUT2D eigenvalue weighted by atomic mass is 9.86. The molecule has 0 amide bonds. The highest BCUT2D eigenvalue weighted by atomic mass is 16.7. The van der Waals surface area contributed by atoms with E-state index < -0.39 is 29.9 Å². The predicted molar refractivity (Wildman–Crippen MR) is 152 cm³/mol. The van der Waals surface area contributed by atoms with Crippen LogP contribution in [0.3, 0.4) is 0 Å². The highest BCUT2D eigenvalue weighted by molar-refractivity contribution is 5.81. The second-order valence-corrected chi connectivity index (χ2v) is 11.0. The van der Waals surface area contributed by atoms with Crippen LogP contribution in [-0.4, -0.2) is 56.2 Å². The van der Waals surface area contributed by atoms with Crippen molar-refractivity contribution in [3.8, 4) is 11.5 Å². The van der Waals surface area contributed by atoms with Gasteiger partial charge in [-0.2, -0.15) is 0 Å². The first-order valence-corrected chi connectivity index (χ1v) is 14.2. The fraction of sp³-hybridized carbons (Fsp3) is 0.667.